The monoisotopic (exact) mass is 245 g/mol. The SMILES string of the molecule is CCc1ccc(C(=O)N2C(C)CCCC2C)cc1. The van der Waals surface area contributed by atoms with E-state index in [0.29, 0.717) is 12.1 Å². The van der Waals surface area contributed by atoms with Crippen LogP contribution in [0.15, 0.2) is 24.3 Å². The minimum Gasteiger partial charge on any atom is -0.333 e. The van der Waals surface area contributed by atoms with E-state index < -0.39 is 0 Å². The molecule has 1 amide bonds. The fraction of sp³-hybridized carbons (Fsp3) is 0.562. The van der Waals surface area contributed by atoms with Gasteiger partial charge in [-0.2, -0.15) is 0 Å². The van der Waals surface area contributed by atoms with Crippen LogP contribution >= 0.6 is 0 Å². The number of hydrogen-bond acceptors (Lipinski definition) is 1. The highest BCUT2D eigenvalue weighted by Gasteiger charge is 2.29. The summed E-state index contributed by atoms with van der Waals surface area (Å²) in [6.07, 6.45) is 4.51. The number of benzene rings is 1. The van der Waals surface area contributed by atoms with Gasteiger partial charge in [-0.25, -0.2) is 0 Å². The molecule has 1 saturated heterocycles. The van der Waals surface area contributed by atoms with E-state index in [4.69, 9.17) is 0 Å². The molecule has 98 valence electrons. The van der Waals surface area contributed by atoms with Gasteiger partial charge < -0.3 is 4.90 Å². The molecule has 0 radical (unpaired) electrons. The summed E-state index contributed by atoms with van der Waals surface area (Å²) < 4.78 is 0. The highest BCUT2D eigenvalue weighted by Crippen LogP contribution is 2.24. The minimum absolute atomic E-state index is 0.192. The van der Waals surface area contributed by atoms with Gasteiger partial charge in [0.15, 0.2) is 0 Å². The second-order valence-electron chi connectivity index (χ2n) is 5.39. The van der Waals surface area contributed by atoms with Gasteiger partial charge in [-0.05, 0) is 57.2 Å². The molecule has 0 aliphatic carbocycles. The fourth-order valence-electron chi connectivity index (χ4n) is 2.85. The second kappa shape index (κ2) is 5.55. The molecule has 2 unspecified atom stereocenters. The molecule has 2 nitrogen and oxygen atoms in total. The molecule has 1 fully saturated rings. The number of carbonyl (C=O) groups is 1. The van der Waals surface area contributed by atoms with Crippen molar-refractivity contribution < 1.29 is 4.79 Å². The fourth-order valence-corrected chi connectivity index (χ4v) is 2.85. The van der Waals surface area contributed by atoms with Crippen LogP contribution in [0, 0.1) is 0 Å². The van der Waals surface area contributed by atoms with Gasteiger partial charge in [-0.15, -0.1) is 0 Å². The summed E-state index contributed by atoms with van der Waals surface area (Å²) in [5.74, 6) is 0.192. The van der Waals surface area contributed by atoms with Crippen molar-refractivity contribution >= 4 is 5.91 Å². The highest BCUT2D eigenvalue weighted by molar-refractivity contribution is 5.94. The Labute approximate surface area is 110 Å². The van der Waals surface area contributed by atoms with E-state index in [1.807, 2.05) is 12.1 Å². The Kier molecular flexibility index (Phi) is 4.05. The van der Waals surface area contributed by atoms with Crippen molar-refractivity contribution in [2.24, 2.45) is 0 Å². The van der Waals surface area contributed by atoms with Gasteiger partial charge in [0.1, 0.15) is 0 Å². The topological polar surface area (TPSA) is 20.3 Å². The van der Waals surface area contributed by atoms with Crippen LogP contribution in [-0.4, -0.2) is 22.9 Å². The summed E-state index contributed by atoms with van der Waals surface area (Å²) in [5.41, 5.74) is 2.11. The van der Waals surface area contributed by atoms with E-state index in [1.165, 1.54) is 12.0 Å². The molecule has 2 rings (SSSR count). The Morgan fingerprint density at radius 3 is 2.22 bits per heavy atom. The Morgan fingerprint density at radius 2 is 1.72 bits per heavy atom. The molecule has 2 atom stereocenters. The van der Waals surface area contributed by atoms with Gasteiger partial charge in [0.05, 0.1) is 0 Å². The van der Waals surface area contributed by atoms with Crippen LogP contribution in [0.1, 0.15) is 56.0 Å². The molecule has 18 heavy (non-hydrogen) atoms. The first-order valence-corrected chi connectivity index (χ1v) is 7.05. The molecule has 1 aliphatic heterocycles. The highest BCUT2D eigenvalue weighted by atomic mass is 16.2. The van der Waals surface area contributed by atoms with Gasteiger partial charge in [0.2, 0.25) is 0 Å². The molecule has 2 heteroatoms. The Morgan fingerprint density at radius 1 is 1.17 bits per heavy atom. The second-order valence-corrected chi connectivity index (χ2v) is 5.39. The third-order valence-corrected chi connectivity index (χ3v) is 4.04. The van der Waals surface area contributed by atoms with Crippen LogP contribution in [0.25, 0.3) is 0 Å². The van der Waals surface area contributed by atoms with Gasteiger partial charge in [-0.1, -0.05) is 19.1 Å². The van der Waals surface area contributed by atoms with Gasteiger partial charge in [0.25, 0.3) is 5.91 Å². The number of piperidine rings is 1. The van der Waals surface area contributed by atoms with Crippen LogP contribution < -0.4 is 0 Å². The first-order valence-electron chi connectivity index (χ1n) is 7.05. The van der Waals surface area contributed by atoms with Gasteiger partial charge in [0, 0.05) is 17.6 Å². The van der Waals surface area contributed by atoms with Crippen LogP contribution in [-0.2, 0) is 6.42 Å². The maximum Gasteiger partial charge on any atom is 0.254 e. The summed E-state index contributed by atoms with van der Waals surface area (Å²) >= 11 is 0. The van der Waals surface area contributed by atoms with Crippen molar-refractivity contribution in [3.8, 4) is 0 Å². The van der Waals surface area contributed by atoms with Crippen LogP contribution in [0.3, 0.4) is 0 Å². The van der Waals surface area contributed by atoms with Crippen molar-refractivity contribution in [1.29, 1.82) is 0 Å². The van der Waals surface area contributed by atoms with Crippen LogP contribution in [0.4, 0.5) is 0 Å². The van der Waals surface area contributed by atoms with E-state index in [9.17, 15) is 4.79 Å². The van der Waals surface area contributed by atoms with Crippen LogP contribution in [0.5, 0.6) is 0 Å². The van der Waals surface area contributed by atoms with Gasteiger partial charge >= 0.3 is 0 Å². The molecular weight excluding hydrogens is 222 g/mol. The largest absolute Gasteiger partial charge is 0.333 e. The smallest absolute Gasteiger partial charge is 0.254 e. The molecule has 0 aromatic heterocycles. The van der Waals surface area contributed by atoms with Gasteiger partial charge in [-0.3, -0.25) is 4.79 Å². The molecule has 0 saturated carbocycles. The number of aryl methyl sites for hydroxylation is 1. The average molecular weight is 245 g/mol. The maximum absolute atomic E-state index is 12.5. The van der Waals surface area contributed by atoms with Crippen molar-refractivity contribution in [2.45, 2.75) is 58.5 Å². The zero-order valence-electron chi connectivity index (χ0n) is 11.6. The molecule has 1 aliphatic rings. The first-order chi connectivity index (χ1) is 8.63. The zero-order valence-corrected chi connectivity index (χ0v) is 11.6. The maximum atomic E-state index is 12.5. The third kappa shape index (κ3) is 2.58. The number of rotatable bonds is 2. The zero-order chi connectivity index (χ0) is 13.1. The van der Waals surface area contributed by atoms with Crippen LogP contribution in [0.2, 0.25) is 0 Å². The number of amides is 1. The molecule has 1 heterocycles. The summed E-state index contributed by atoms with van der Waals surface area (Å²) in [6, 6.07) is 8.79. The standard InChI is InChI=1S/C16H23NO/c1-4-14-8-10-15(11-9-14)16(18)17-12(2)6-5-7-13(17)3/h8-13H,4-7H2,1-3H3. The molecular formula is C16H23NO. The molecule has 0 spiro atoms. The number of nitrogens with zero attached hydrogens (tertiary/aromatic N) is 1. The lowest BCUT2D eigenvalue weighted by molar-refractivity contribution is 0.0511. The normalized spacial score (nSPS) is 24.1. The predicted octanol–water partition coefficient (Wildman–Crippen LogP) is 3.65. The predicted molar refractivity (Wildman–Crippen MR) is 74.8 cm³/mol. The molecule has 0 N–H and O–H groups in total. The summed E-state index contributed by atoms with van der Waals surface area (Å²) in [5, 5.41) is 0. The van der Waals surface area contributed by atoms with E-state index >= 15 is 0 Å². The minimum atomic E-state index is 0.192. The first kappa shape index (κ1) is 13.1. The Balaban J connectivity index is 2.18. The summed E-state index contributed by atoms with van der Waals surface area (Å²) in [6.45, 7) is 6.45. The van der Waals surface area contributed by atoms with E-state index in [-0.39, 0.29) is 5.91 Å². The number of likely N-dealkylation sites (tertiary alicyclic amines) is 1. The molecule has 0 bridgehead atoms. The quantitative estimate of drug-likeness (QED) is 0.778. The Hall–Kier alpha value is -1.31. The van der Waals surface area contributed by atoms with E-state index in [1.54, 1.807) is 0 Å². The van der Waals surface area contributed by atoms with Crippen molar-refractivity contribution in [2.75, 3.05) is 0 Å². The number of carbonyl (C=O) groups excluding carboxylic acids is 1. The lowest BCUT2D eigenvalue weighted by atomic mass is 9.96. The van der Waals surface area contributed by atoms with E-state index in [0.717, 1.165) is 24.8 Å². The molecule has 1 aromatic rings. The third-order valence-electron chi connectivity index (χ3n) is 4.04. The summed E-state index contributed by atoms with van der Waals surface area (Å²) in [4.78, 5) is 14.6. The average Bonchev–Trinajstić information content (AvgIpc) is 2.38. The van der Waals surface area contributed by atoms with Crippen molar-refractivity contribution in [3.05, 3.63) is 35.4 Å². The van der Waals surface area contributed by atoms with Crippen molar-refractivity contribution in [1.82, 2.24) is 4.90 Å². The lowest BCUT2D eigenvalue weighted by Crippen LogP contribution is -2.47. The van der Waals surface area contributed by atoms with E-state index in [2.05, 4.69) is 37.8 Å². The van der Waals surface area contributed by atoms with Crippen molar-refractivity contribution in [3.63, 3.8) is 0 Å². The Bertz CT molecular complexity index is 400. The lowest BCUT2D eigenvalue weighted by Gasteiger charge is -2.39. The number of hydrogen-bond donors (Lipinski definition) is 0. The summed E-state index contributed by atoms with van der Waals surface area (Å²) in [7, 11) is 0. The molecule has 1 aromatic carbocycles.